The lowest BCUT2D eigenvalue weighted by Gasteiger charge is -2.25. The maximum Gasteiger partial charge on any atom is 0.105 e. The van der Waals surface area contributed by atoms with E-state index in [1.165, 1.54) is 16.8 Å². The fourth-order valence-electron chi connectivity index (χ4n) is 2.20. The molecule has 0 aliphatic rings. The molecule has 0 radical (unpaired) electrons. The normalized spacial score (nSPS) is 11.7. The molecule has 4 heteroatoms. The average molecular weight is 287 g/mol. The van der Waals surface area contributed by atoms with Gasteiger partial charge in [-0.25, -0.2) is 0 Å². The van der Waals surface area contributed by atoms with Crippen molar-refractivity contribution in [2.75, 3.05) is 11.9 Å². The summed E-state index contributed by atoms with van der Waals surface area (Å²) in [6, 6.07) is 4.09. The summed E-state index contributed by atoms with van der Waals surface area (Å²) in [4.78, 5) is 6.49. The molecule has 2 rings (SSSR count). The van der Waals surface area contributed by atoms with E-state index >= 15 is 0 Å². The molecule has 4 nitrogen and oxygen atoms in total. The first kappa shape index (κ1) is 15.6. The second-order valence-corrected chi connectivity index (χ2v) is 6.47. The van der Waals surface area contributed by atoms with Gasteiger partial charge in [0.1, 0.15) is 5.76 Å². The highest BCUT2D eigenvalue weighted by atomic mass is 16.3. The van der Waals surface area contributed by atoms with Gasteiger partial charge in [0.15, 0.2) is 0 Å². The van der Waals surface area contributed by atoms with E-state index in [1.807, 2.05) is 25.4 Å². The molecule has 1 N–H and O–H groups in total. The zero-order valence-electron chi connectivity index (χ0n) is 13.6. The third kappa shape index (κ3) is 4.33. The van der Waals surface area contributed by atoms with E-state index in [9.17, 15) is 0 Å². The van der Waals surface area contributed by atoms with Crippen molar-refractivity contribution in [3.8, 4) is 0 Å². The highest BCUT2D eigenvalue weighted by molar-refractivity contribution is 5.52. The zero-order valence-corrected chi connectivity index (χ0v) is 13.6. The predicted octanol–water partition coefficient (Wildman–Crippen LogP) is 3.51. The Balaban J connectivity index is 2.13. The molecule has 0 fully saturated rings. The Morgan fingerprint density at radius 3 is 2.62 bits per heavy atom. The van der Waals surface area contributed by atoms with Crippen LogP contribution in [0.2, 0.25) is 0 Å². The Kier molecular flexibility index (Phi) is 4.68. The molecule has 0 bridgehead atoms. The van der Waals surface area contributed by atoms with Gasteiger partial charge in [0.2, 0.25) is 0 Å². The van der Waals surface area contributed by atoms with E-state index < -0.39 is 0 Å². The van der Waals surface area contributed by atoms with Crippen LogP contribution in [-0.4, -0.2) is 17.6 Å². The van der Waals surface area contributed by atoms with Crippen LogP contribution >= 0.6 is 0 Å². The van der Waals surface area contributed by atoms with Crippen LogP contribution in [0.3, 0.4) is 0 Å². The van der Waals surface area contributed by atoms with Gasteiger partial charge in [0.05, 0.1) is 6.26 Å². The van der Waals surface area contributed by atoms with Gasteiger partial charge < -0.3 is 14.6 Å². The second-order valence-electron chi connectivity index (χ2n) is 6.47. The van der Waals surface area contributed by atoms with Crippen molar-refractivity contribution < 1.29 is 4.42 Å². The molecule has 0 atom stereocenters. The molecule has 0 saturated heterocycles. The molecular weight excluding hydrogens is 262 g/mol. The number of hydrogen-bond donors (Lipinski definition) is 1. The summed E-state index contributed by atoms with van der Waals surface area (Å²) < 4.78 is 5.37. The number of nitrogens with one attached hydrogen (secondary N) is 1. The van der Waals surface area contributed by atoms with Gasteiger partial charge >= 0.3 is 0 Å². The Morgan fingerprint density at radius 2 is 2.00 bits per heavy atom. The van der Waals surface area contributed by atoms with Crippen molar-refractivity contribution in [1.29, 1.82) is 0 Å². The molecular formula is C17H25N3O. The van der Waals surface area contributed by atoms with E-state index in [4.69, 9.17) is 4.42 Å². The average Bonchev–Trinajstić information content (AvgIpc) is 2.81. The van der Waals surface area contributed by atoms with Crippen LogP contribution < -0.4 is 10.2 Å². The molecule has 0 aromatic carbocycles. The number of aryl methyl sites for hydroxylation is 1. The first-order chi connectivity index (χ1) is 9.87. The van der Waals surface area contributed by atoms with Crippen LogP contribution in [0.25, 0.3) is 0 Å². The smallest absolute Gasteiger partial charge is 0.105 e. The molecule has 0 aliphatic carbocycles. The summed E-state index contributed by atoms with van der Waals surface area (Å²) in [6.45, 7) is 10.1. The van der Waals surface area contributed by atoms with Gasteiger partial charge in [-0.2, -0.15) is 0 Å². The second kappa shape index (κ2) is 6.31. The van der Waals surface area contributed by atoms with Crippen LogP contribution in [0.15, 0.2) is 35.2 Å². The fraction of sp³-hybridized carbons (Fsp3) is 0.471. The monoisotopic (exact) mass is 287 g/mol. The predicted molar refractivity (Wildman–Crippen MR) is 86.4 cm³/mol. The minimum Gasteiger partial charge on any atom is -0.469 e. The van der Waals surface area contributed by atoms with Crippen LogP contribution in [-0.2, 0) is 13.1 Å². The lowest BCUT2D eigenvalue weighted by atomic mass is 10.1. The van der Waals surface area contributed by atoms with Crippen molar-refractivity contribution in [3.05, 3.63) is 47.7 Å². The number of aromatic nitrogens is 1. The first-order valence-corrected chi connectivity index (χ1v) is 7.29. The van der Waals surface area contributed by atoms with Gasteiger partial charge in [-0.15, -0.1) is 0 Å². The van der Waals surface area contributed by atoms with Crippen LogP contribution in [0, 0.1) is 6.92 Å². The summed E-state index contributed by atoms with van der Waals surface area (Å²) in [5.74, 6) is 0.977. The number of furan rings is 1. The van der Waals surface area contributed by atoms with Crippen molar-refractivity contribution in [2.45, 2.75) is 46.3 Å². The largest absolute Gasteiger partial charge is 0.469 e. The molecule has 21 heavy (non-hydrogen) atoms. The first-order valence-electron chi connectivity index (χ1n) is 7.29. The van der Waals surface area contributed by atoms with E-state index in [-0.39, 0.29) is 5.54 Å². The van der Waals surface area contributed by atoms with Crippen LogP contribution in [0.1, 0.15) is 37.7 Å². The maximum absolute atomic E-state index is 5.37. The van der Waals surface area contributed by atoms with E-state index in [1.54, 1.807) is 6.26 Å². The minimum absolute atomic E-state index is 0.0901. The molecule has 2 aromatic rings. The standard InChI is InChI=1S/C17H25N3O/c1-13-14(7-9-21-13)12-20(5)16-6-8-18-10-15(16)11-19-17(2,3)4/h6-10,19H,11-12H2,1-5H3. The van der Waals surface area contributed by atoms with E-state index in [0.29, 0.717) is 0 Å². The highest BCUT2D eigenvalue weighted by Crippen LogP contribution is 2.22. The topological polar surface area (TPSA) is 41.3 Å². The van der Waals surface area contributed by atoms with Crippen molar-refractivity contribution >= 4 is 5.69 Å². The molecule has 2 aromatic heterocycles. The SMILES string of the molecule is Cc1occc1CN(C)c1ccncc1CNC(C)(C)C. The maximum atomic E-state index is 5.37. The number of hydrogen-bond acceptors (Lipinski definition) is 4. The minimum atomic E-state index is 0.0901. The van der Waals surface area contributed by atoms with Gasteiger partial charge in [-0.1, -0.05) is 0 Å². The number of nitrogens with zero attached hydrogens (tertiary/aromatic N) is 2. The summed E-state index contributed by atoms with van der Waals surface area (Å²) in [5.41, 5.74) is 3.70. The van der Waals surface area contributed by atoms with E-state index in [0.717, 1.165) is 18.8 Å². The Labute approximate surface area is 127 Å². The molecule has 114 valence electrons. The zero-order chi connectivity index (χ0) is 15.5. The van der Waals surface area contributed by atoms with Gasteiger partial charge in [0, 0.05) is 54.9 Å². The molecule has 0 unspecified atom stereocenters. The molecule has 0 aliphatic heterocycles. The summed E-state index contributed by atoms with van der Waals surface area (Å²) >= 11 is 0. The van der Waals surface area contributed by atoms with Crippen molar-refractivity contribution in [1.82, 2.24) is 10.3 Å². The quantitative estimate of drug-likeness (QED) is 0.913. The third-order valence-corrected chi connectivity index (χ3v) is 3.47. The highest BCUT2D eigenvalue weighted by Gasteiger charge is 2.13. The molecule has 0 spiro atoms. The lowest BCUT2D eigenvalue weighted by Crippen LogP contribution is -2.35. The van der Waals surface area contributed by atoms with Crippen LogP contribution in [0.4, 0.5) is 5.69 Å². The lowest BCUT2D eigenvalue weighted by molar-refractivity contribution is 0.424. The number of pyridine rings is 1. The van der Waals surface area contributed by atoms with Gasteiger partial charge in [-0.3, -0.25) is 4.98 Å². The fourth-order valence-corrected chi connectivity index (χ4v) is 2.20. The van der Waals surface area contributed by atoms with Crippen molar-refractivity contribution in [2.24, 2.45) is 0 Å². The van der Waals surface area contributed by atoms with E-state index in [2.05, 4.69) is 49.1 Å². The van der Waals surface area contributed by atoms with Crippen molar-refractivity contribution in [3.63, 3.8) is 0 Å². The number of rotatable bonds is 5. The Hall–Kier alpha value is -1.81. The Bertz CT molecular complexity index is 584. The van der Waals surface area contributed by atoms with Gasteiger partial charge in [-0.05, 0) is 39.8 Å². The molecule has 2 heterocycles. The van der Waals surface area contributed by atoms with Gasteiger partial charge in [0.25, 0.3) is 0 Å². The Morgan fingerprint density at radius 1 is 1.24 bits per heavy atom. The summed E-state index contributed by atoms with van der Waals surface area (Å²) in [7, 11) is 2.10. The number of anilines is 1. The molecule has 0 saturated carbocycles. The summed E-state index contributed by atoms with van der Waals surface area (Å²) in [5, 5.41) is 3.52. The third-order valence-electron chi connectivity index (χ3n) is 3.47. The molecule has 0 amide bonds. The van der Waals surface area contributed by atoms with Crippen LogP contribution in [0.5, 0.6) is 0 Å². The summed E-state index contributed by atoms with van der Waals surface area (Å²) in [6.07, 6.45) is 5.52.